The van der Waals surface area contributed by atoms with Gasteiger partial charge in [0.2, 0.25) is 0 Å². The van der Waals surface area contributed by atoms with Crippen LogP contribution in [0.15, 0.2) is 10.2 Å². The third-order valence-electron chi connectivity index (χ3n) is 1.06. The zero-order valence-corrected chi connectivity index (χ0v) is 4.52. The van der Waals surface area contributed by atoms with Crippen LogP contribution in [0.2, 0.25) is 0 Å². The van der Waals surface area contributed by atoms with Gasteiger partial charge in [0.1, 0.15) is 5.84 Å². The molecule has 0 aromatic heterocycles. The topological polar surface area (TPSA) is 60.6 Å². The standard InChI is InChI=1S/C4H8N4/c5-8-7-4-2-1-3-6-4/h1-3H2,(H2,5,6,7). The molecule has 1 aliphatic heterocycles. The zero-order chi connectivity index (χ0) is 5.82. The number of amidine groups is 1. The number of nitrogens with zero attached hydrogens (tertiary/aromatic N) is 2. The molecule has 0 atom stereocenters. The Morgan fingerprint density at radius 2 is 2.62 bits per heavy atom. The monoisotopic (exact) mass is 112 g/mol. The summed E-state index contributed by atoms with van der Waals surface area (Å²) in [6.45, 7) is 0.887. The minimum Gasteiger partial charge on any atom is -0.271 e. The summed E-state index contributed by atoms with van der Waals surface area (Å²) in [6, 6.07) is 0. The SMILES string of the molecule is N=NNC1=NCCC1. The second-order valence-electron chi connectivity index (χ2n) is 1.66. The molecule has 0 unspecified atom stereocenters. The fraction of sp³-hybridized carbons (Fsp3) is 0.750. The van der Waals surface area contributed by atoms with E-state index in [1.807, 2.05) is 0 Å². The normalized spacial score (nSPS) is 17.8. The predicted octanol–water partition coefficient (Wildman–Crippen LogP) is 0.714. The Morgan fingerprint density at radius 3 is 3.12 bits per heavy atom. The lowest BCUT2D eigenvalue weighted by Crippen LogP contribution is -2.12. The molecule has 8 heavy (non-hydrogen) atoms. The lowest BCUT2D eigenvalue weighted by atomic mass is 10.3. The van der Waals surface area contributed by atoms with E-state index in [0.29, 0.717) is 0 Å². The average Bonchev–Trinajstić information content (AvgIpc) is 2.19. The minimum atomic E-state index is 0.847. The smallest absolute Gasteiger partial charge is 0.118 e. The Hall–Kier alpha value is -0.930. The number of hydrogen-bond acceptors (Lipinski definition) is 3. The Bertz CT molecular complexity index is 117. The van der Waals surface area contributed by atoms with Crippen molar-refractivity contribution in [3.63, 3.8) is 0 Å². The molecule has 0 radical (unpaired) electrons. The molecule has 0 saturated carbocycles. The number of rotatable bonds is 1. The maximum absolute atomic E-state index is 6.40. The number of nitrogens with one attached hydrogen (secondary N) is 2. The zero-order valence-electron chi connectivity index (χ0n) is 4.52. The van der Waals surface area contributed by atoms with Crippen molar-refractivity contribution in [2.75, 3.05) is 6.54 Å². The molecular formula is C4H8N4. The van der Waals surface area contributed by atoms with E-state index < -0.39 is 0 Å². The summed E-state index contributed by atoms with van der Waals surface area (Å²) in [5, 5.41) is 2.99. The first-order valence-corrected chi connectivity index (χ1v) is 2.59. The first-order chi connectivity index (χ1) is 3.93. The highest BCUT2D eigenvalue weighted by Gasteiger charge is 2.02. The van der Waals surface area contributed by atoms with Crippen molar-refractivity contribution in [1.82, 2.24) is 5.43 Å². The van der Waals surface area contributed by atoms with Gasteiger partial charge in [0.05, 0.1) is 0 Å². The molecule has 0 fully saturated rings. The van der Waals surface area contributed by atoms with Crippen LogP contribution in [0.5, 0.6) is 0 Å². The molecule has 4 heteroatoms. The van der Waals surface area contributed by atoms with Crippen LogP contribution in [0.3, 0.4) is 0 Å². The van der Waals surface area contributed by atoms with Gasteiger partial charge in [0.25, 0.3) is 0 Å². The van der Waals surface area contributed by atoms with Crippen LogP contribution in [-0.4, -0.2) is 12.4 Å². The molecule has 0 saturated heterocycles. The van der Waals surface area contributed by atoms with Gasteiger partial charge in [0, 0.05) is 13.0 Å². The molecule has 0 aromatic carbocycles. The van der Waals surface area contributed by atoms with Crippen molar-refractivity contribution in [2.24, 2.45) is 10.2 Å². The van der Waals surface area contributed by atoms with Crippen LogP contribution in [0, 0.1) is 5.53 Å². The van der Waals surface area contributed by atoms with E-state index in [4.69, 9.17) is 5.53 Å². The van der Waals surface area contributed by atoms with Crippen LogP contribution in [0.1, 0.15) is 12.8 Å². The van der Waals surface area contributed by atoms with E-state index in [1.165, 1.54) is 0 Å². The molecule has 0 aromatic rings. The summed E-state index contributed by atoms with van der Waals surface area (Å²) in [6.07, 6.45) is 2.04. The van der Waals surface area contributed by atoms with Gasteiger partial charge in [-0.05, 0) is 6.42 Å². The first kappa shape index (κ1) is 5.21. The van der Waals surface area contributed by atoms with Crippen molar-refractivity contribution in [1.29, 1.82) is 5.53 Å². The molecule has 1 rings (SSSR count). The highest BCUT2D eigenvalue weighted by atomic mass is 15.4. The lowest BCUT2D eigenvalue weighted by molar-refractivity contribution is 0.849. The average molecular weight is 112 g/mol. The molecule has 0 spiro atoms. The summed E-state index contributed by atoms with van der Waals surface area (Å²) < 4.78 is 0. The summed E-state index contributed by atoms with van der Waals surface area (Å²) in [5.41, 5.74) is 8.89. The molecule has 0 aliphatic carbocycles. The third-order valence-corrected chi connectivity index (χ3v) is 1.06. The van der Waals surface area contributed by atoms with Crippen LogP contribution in [0.25, 0.3) is 0 Å². The van der Waals surface area contributed by atoms with E-state index >= 15 is 0 Å². The minimum absolute atomic E-state index is 0.847. The van der Waals surface area contributed by atoms with Gasteiger partial charge in [-0.1, -0.05) is 5.22 Å². The van der Waals surface area contributed by atoms with Gasteiger partial charge >= 0.3 is 0 Å². The third kappa shape index (κ3) is 1.02. The van der Waals surface area contributed by atoms with Gasteiger partial charge in [-0.25, -0.2) is 5.43 Å². The fourth-order valence-electron chi connectivity index (χ4n) is 0.695. The van der Waals surface area contributed by atoms with Crippen LogP contribution < -0.4 is 5.43 Å². The second kappa shape index (κ2) is 2.40. The Morgan fingerprint density at radius 1 is 1.75 bits per heavy atom. The first-order valence-electron chi connectivity index (χ1n) is 2.59. The van der Waals surface area contributed by atoms with E-state index in [2.05, 4.69) is 15.6 Å². The van der Waals surface area contributed by atoms with Crippen LogP contribution in [0.4, 0.5) is 0 Å². The van der Waals surface area contributed by atoms with E-state index in [9.17, 15) is 0 Å². The second-order valence-corrected chi connectivity index (χ2v) is 1.66. The Kier molecular flexibility index (Phi) is 1.56. The van der Waals surface area contributed by atoms with Crippen molar-refractivity contribution < 1.29 is 0 Å². The largest absolute Gasteiger partial charge is 0.271 e. The molecule has 0 amide bonds. The van der Waals surface area contributed by atoms with E-state index in [-0.39, 0.29) is 0 Å². The Balaban J connectivity index is 2.33. The summed E-state index contributed by atoms with van der Waals surface area (Å²) >= 11 is 0. The van der Waals surface area contributed by atoms with Crippen molar-refractivity contribution >= 4 is 5.84 Å². The van der Waals surface area contributed by atoms with Gasteiger partial charge < -0.3 is 0 Å². The predicted molar refractivity (Wildman–Crippen MR) is 29.8 cm³/mol. The number of hydrogen-bond donors (Lipinski definition) is 2. The molecule has 2 N–H and O–H groups in total. The summed E-state index contributed by atoms with van der Waals surface area (Å²) in [7, 11) is 0. The fourth-order valence-corrected chi connectivity index (χ4v) is 0.695. The Labute approximate surface area is 47.5 Å². The molecule has 1 aliphatic rings. The molecular weight excluding hydrogens is 104 g/mol. The van der Waals surface area contributed by atoms with Crippen molar-refractivity contribution in [3.05, 3.63) is 0 Å². The number of aliphatic imine (C=N–C) groups is 1. The van der Waals surface area contributed by atoms with Gasteiger partial charge in [0.15, 0.2) is 0 Å². The summed E-state index contributed by atoms with van der Waals surface area (Å²) in [4.78, 5) is 4.02. The van der Waals surface area contributed by atoms with Crippen LogP contribution >= 0.6 is 0 Å². The highest BCUT2D eigenvalue weighted by Crippen LogP contribution is 1.99. The van der Waals surface area contributed by atoms with Crippen molar-refractivity contribution in [3.8, 4) is 0 Å². The lowest BCUT2D eigenvalue weighted by Gasteiger charge is -1.90. The molecule has 0 bridgehead atoms. The molecule has 44 valence electrons. The highest BCUT2D eigenvalue weighted by molar-refractivity contribution is 5.82. The molecule has 4 nitrogen and oxygen atoms in total. The maximum Gasteiger partial charge on any atom is 0.118 e. The van der Waals surface area contributed by atoms with Crippen molar-refractivity contribution in [2.45, 2.75) is 12.8 Å². The molecule has 1 heterocycles. The maximum atomic E-state index is 6.40. The quantitative estimate of drug-likeness (QED) is 0.381. The van der Waals surface area contributed by atoms with E-state index in [0.717, 1.165) is 25.2 Å². The van der Waals surface area contributed by atoms with Crippen LogP contribution in [-0.2, 0) is 0 Å². The summed E-state index contributed by atoms with van der Waals surface area (Å²) in [5.74, 6) is 0.847. The van der Waals surface area contributed by atoms with Gasteiger partial charge in [-0.2, -0.15) is 5.53 Å². The van der Waals surface area contributed by atoms with Gasteiger partial charge in [-0.15, -0.1) is 0 Å². The van der Waals surface area contributed by atoms with Gasteiger partial charge in [-0.3, -0.25) is 4.99 Å². The van der Waals surface area contributed by atoms with E-state index in [1.54, 1.807) is 0 Å².